The van der Waals surface area contributed by atoms with Crippen LogP contribution in [0.2, 0.25) is 0 Å². The monoisotopic (exact) mass is 272 g/mol. The number of aryl methyl sites for hydroxylation is 1. The van der Waals surface area contributed by atoms with Crippen molar-refractivity contribution in [3.63, 3.8) is 0 Å². The first-order chi connectivity index (χ1) is 9.24. The third kappa shape index (κ3) is 2.54. The molecule has 0 N–H and O–H groups in total. The standard InChI is InChI=1S/C15H16N2OS/c1-17(10-11-6-3-2-4-7-11)15-16-14-12(18)8-5-9-13(14)19-15/h2-4,6-7H,5,8-10H2,1H3. The van der Waals surface area contributed by atoms with Crippen LogP contribution in [0.1, 0.15) is 33.8 Å². The van der Waals surface area contributed by atoms with Crippen LogP contribution in [-0.2, 0) is 13.0 Å². The third-order valence-corrected chi connectivity index (χ3v) is 4.58. The molecule has 0 spiro atoms. The summed E-state index contributed by atoms with van der Waals surface area (Å²) in [5, 5.41) is 0.948. The van der Waals surface area contributed by atoms with Gasteiger partial charge in [0.25, 0.3) is 0 Å². The SMILES string of the molecule is CN(Cc1ccccc1)c1nc2c(s1)CCCC2=O. The Labute approximate surface area is 116 Å². The van der Waals surface area contributed by atoms with Gasteiger partial charge in [-0.1, -0.05) is 30.3 Å². The zero-order valence-corrected chi connectivity index (χ0v) is 11.7. The Kier molecular flexibility index (Phi) is 3.34. The predicted molar refractivity (Wildman–Crippen MR) is 77.9 cm³/mol. The van der Waals surface area contributed by atoms with Crippen LogP contribution in [-0.4, -0.2) is 17.8 Å². The molecule has 0 aliphatic heterocycles. The molecule has 3 rings (SSSR count). The number of ketones is 1. The Morgan fingerprint density at radius 3 is 2.79 bits per heavy atom. The van der Waals surface area contributed by atoms with Crippen LogP contribution in [0.5, 0.6) is 0 Å². The van der Waals surface area contributed by atoms with Gasteiger partial charge in [-0.15, -0.1) is 11.3 Å². The van der Waals surface area contributed by atoms with E-state index in [2.05, 4.69) is 22.0 Å². The van der Waals surface area contributed by atoms with E-state index in [0.717, 1.165) is 29.4 Å². The quantitative estimate of drug-likeness (QED) is 0.859. The number of hydrogen-bond donors (Lipinski definition) is 0. The van der Waals surface area contributed by atoms with E-state index < -0.39 is 0 Å². The lowest BCUT2D eigenvalue weighted by atomic mass is 10.0. The van der Waals surface area contributed by atoms with Crippen molar-refractivity contribution in [2.24, 2.45) is 0 Å². The molecule has 1 heterocycles. The zero-order chi connectivity index (χ0) is 13.2. The van der Waals surface area contributed by atoms with Gasteiger partial charge in [0.15, 0.2) is 10.9 Å². The van der Waals surface area contributed by atoms with Crippen molar-refractivity contribution in [1.29, 1.82) is 0 Å². The Balaban J connectivity index is 1.81. The largest absolute Gasteiger partial charge is 0.347 e. The summed E-state index contributed by atoms with van der Waals surface area (Å²) in [6, 6.07) is 10.3. The van der Waals surface area contributed by atoms with Crippen LogP contribution >= 0.6 is 11.3 Å². The molecular weight excluding hydrogens is 256 g/mol. The van der Waals surface area contributed by atoms with E-state index >= 15 is 0 Å². The van der Waals surface area contributed by atoms with Crippen LogP contribution in [0.4, 0.5) is 5.13 Å². The first kappa shape index (κ1) is 12.4. The summed E-state index contributed by atoms with van der Waals surface area (Å²) in [6.07, 6.45) is 2.62. The average molecular weight is 272 g/mol. The molecule has 0 unspecified atom stereocenters. The number of hydrogen-bond acceptors (Lipinski definition) is 4. The van der Waals surface area contributed by atoms with Crippen molar-refractivity contribution >= 4 is 22.3 Å². The minimum absolute atomic E-state index is 0.205. The van der Waals surface area contributed by atoms with E-state index in [9.17, 15) is 4.79 Å². The summed E-state index contributed by atoms with van der Waals surface area (Å²) < 4.78 is 0. The van der Waals surface area contributed by atoms with Crippen LogP contribution < -0.4 is 4.90 Å². The molecule has 0 fully saturated rings. The van der Waals surface area contributed by atoms with Gasteiger partial charge < -0.3 is 4.90 Å². The molecule has 0 bridgehead atoms. The Hall–Kier alpha value is -1.68. The molecule has 0 amide bonds. The number of Topliss-reactive ketones (excluding diaryl/α,β-unsaturated/α-hetero) is 1. The number of carbonyl (C=O) groups excluding carboxylic acids is 1. The zero-order valence-electron chi connectivity index (χ0n) is 10.9. The van der Waals surface area contributed by atoms with Gasteiger partial charge in [-0.3, -0.25) is 4.79 Å². The summed E-state index contributed by atoms with van der Waals surface area (Å²) >= 11 is 1.66. The van der Waals surface area contributed by atoms with Crippen molar-refractivity contribution in [3.8, 4) is 0 Å². The molecule has 0 atom stereocenters. The number of benzene rings is 1. The molecular formula is C15H16N2OS. The molecule has 0 saturated carbocycles. The maximum absolute atomic E-state index is 11.8. The smallest absolute Gasteiger partial charge is 0.186 e. The molecule has 0 saturated heterocycles. The lowest BCUT2D eigenvalue weighted by Crippen LogP contribution is -2.16. The van der Waals surface area contributed by atoms with Gasteiger partial charge in [-0.25, -0.2) is 4.98 Å². The Morgan fingerprint density at radius 2 is 2.05 bits per heavy atom. The number of anilines is 1. The van der Waals surface area contributed by atoms with Crippen molar-refractivity contribution in [2.45, 2.75) is 25.8 Å². The summed E-state index contributed by atoms with van der Waals surface area (Å²) in [6.45, 7) is 0.821. The lowest BCUT2D eigenvalue weighted by molar-refractivity contribution is 0.0968. The van der Waals surface area contributed by atoms with Crippen molar-refractivity contribution in [2.75, 3.05) is 11.9 Å². The van der Waals surface area contributed by atoms with Crippen molar-refractivity contribution in [1.82, 2.24) is 4.98 Å². The van der Waals surface area contributed by atoms with Gasteiger partial charge in [0.05, 0.1) is 0 Å². The van der Waals surface area contributed by atoms with Crippen molar-refractivity contribution < 1.29 is 4.79 Å². The molecule has 2 aromatic rings. The minimum atomic E-state index is 0.205. The van der Waals surface area contributed by atoms with E-state index in [1.165, 1.54) is 5.56 Å². The first-order valence-electron chi connectivity index (χ1n) is 6.52. The molecule has 1 aromatic heterocycles. The molecule has 3 nitrogen and oxygen atoms in total. The predicted octanol–water partition coefficient (Wildman–Crippen LogP) is 3.30. The number of rotatable bonds is 3. The second-order valence-electron chi connectivity index (χ2n) is 4.89. The highest BCUT2D eigenvalue weighted by atomic mass is 32.1. The molecule has 1 aliphatic carbocycles. The van der Waals surface area contributed by atoms with Gasteiger partial charge >= 0.3 is 0 Å². The Morgan fingerprint density at radius 1 is 1.26 bits per heavy atom. The van der Waals surface area contributed by atoms with Crippen LogP contribution in [0.15, 0.2) is 30.3 Å². The van der Waals surface area contributed by atoms with Crippen LogP contribution in [0, 0.1) is 0 Å². The highest BCUT2D eigenvalue weighted by Crippen LogP contribution is 2.31. The molecule has 1 aliphatic rings. The van der Waals surface area contributed by atoms with E-state index in [1.807, 2.05) is 25.2 Å². The fraction of sp³-hybridized carbons (Fsp3) is 0.333. The summed E-state index contributed by atoms with van der Waals surface area (Å²) in [5.74, 6) is 0.205. The normalized spacial score (nSPS) is 14.3. The second-order valence-corrected chi connectivity index (χ2v) is 5.95. The van der Waals surface area contributed by atoms with Crippen molar-refractivity contribution in [3.05, 3.63) is 46.5 Å². The van der Waals surface area contributed by atoms with Gasteiger partial charge in [0, 0.05) is 24.9 Å². The number of fused-ring (bicyclic) bond motifs is 1. The van der Waals surface area contributed by atoms with Gasteiger partial charge in [-0.2, -0.15) is 0 Å². The first-order valence-corrected chi connectivity index (χ1v) is 7.33. The molecule has 4 heteroatoms. The van der Waals surface area contributed by atoms with Crippen LogP contribution in [0.3, 0.4) is 0 Å². The fourth-order valence-electron chi connectivity index (χ4n) is 2.34. The number of aromatic nitrogens is 1. The second kappa shape index (κ2) is 5.13. The summed E-state index contributed by atoms with van der Waals surface area (Å²) in [4.78, 5) is 19.6. The maximum Gasteiger partial charge on any atom is 0.186 e. The van der Waals surface area contributed by atoms with Gasteiger partial charge in [-0.05, 0) is 18.4 Å². The van der Waals surface area contributed by atoms with Crippen LogP contribution in [0.25, 0.3) is 0 Å². The van der Waals surface area contributed by atoms with E-state index in [0.29, 0.717) is 12.1 Å². The molecule has 0 radical (unpaired) electrons. The number of thiazole rings is 1. The average Bonchev–Trinajstić information content (AvgIpc) is 2.85. The van der Waals surface area contributed by atoms with Gasteiger partial charge in [0.2, 0.25) is 0 Å². The minimum Gasteiger partial charge on any atom is -0.347 e. The van der Waals surface area contributed by atoms with E-state index in [4.69, 9.17) is 0 Å². The summed E-state index contributed by atoms with van der Waals surface area (Å²) in [7, 11) is 2.03. The molecule has 1 aromatic carbocycles. The van der Waals surface area contributed by atoms with Gasteiger partial charge in [0.1, 0.15) is 5.69 Å². The number of carbonyl (C=O) groups is 1. The number of nitrogens with zero attached hydrogens (tertiary/aromatic N) is 2. The topological polar surface area (TPSA) is 33.2 Å². The third-order valence-electron chi connectivity index (χ3n) is 3.35. The van der Waals surface area contributed by atoms with E-state index in [1.54, 1.807) is 11.3 Å². The highest BCUT2D eigenvalue weighted by Gasteiger charge is 2.23. The Bertz CT molecular complexity index is 591. The lowest BCUT2D eigenvalue weighted by Gasteiger charge is -2.15. The maximum atomic E-state index is 11.8. The summed E-state index contributed by atoms with van der Waals surface area (Å²) in [5.41, 5.74) is 1.97. The van der Waals surface area contributed by atoms with E-state index in [-0.39, 0.29) is 5.78 Å². The highest BCUT2D eigenvalue weighted by molar-refractivity contribution is 7.15. The molecule has 98 valence electrons. The fourth-order valence-corrected chi connectivity index (χ4v) is 3.42. The molecule has 19 heavy (non-hydrogen) atoms.